The maximum Gasteiger partial charge on any atom is 0.268 e. The first-order valence-electron chi connectivity index (χ1n) is 8.49. The molecule has 2 N–H and O–H groups in total. The third kappa shape index (κ3) is 2.99. The van der Waals surface area contributed by atoms with Gasteiger partial charge in [0, 0.05) is 16.5 Å². The van der Waals surface area contributed by atoms with E-state index >= 15 is 0 Å². The van der Waals surface area contributed by atoms with Crippen molar-refractivity contribution in [2.24, 2.45) is 0 Å². The molecule has 0 radical (unpaired) electrons. The van der Waals surface area contributed by atoms with Gasteiger partial charge >= 0.3 is 0 Å². The first-order valence-corrected chi connectivity index (χ1v) is 8.49. The molecule has 5 nitrogen and oxygen atoms in total. The number of nitrogens with zero attached hydrogens (tertiary/aromatic N) is 1. The molecule has 4 rings (SSSR count). The Balaban J connectivity index is 1.48. The van der Waals surface area contributed by atoms with Gasteiger partial charge in [0.15, 0.2) is 5.76 Å². The fourth-order valence-corrected chi connectivity index (χ4v) is 2.96. The van der Waals surface area contributed by atoms with Crippen molar-refractivity contribution in [3.05, 3.63) is 77.4 Å². The zero-order chi connectivity index (χ0) is 18.1. The van der Waals surface area contributed by atoms with Crippen molar-refractivity contribution in [2.45, 2.75) is 20.4 Å². The second-order valence-electron chi connectivity index (χ2n) is 6.32. The molecule has 130 valence electrons. The fourth-order valence-electron chi connectivity index (χ4n) is 2.96. The van der Waals surface area contributed by atoms with Crippen molar-refractivity contribution >= 4 is 16.8 Å². The zero-order valence-corrected chi connectivity index (χ0v) is 14.7. The molecular formula is C21H19N3O2. The summed E-state index contributed by atoms with van der Waals surface area (Å²) in [5.74, 6) is 0.976. The number of benzene rings is 2. The Hall–Kier alpha value is -3.34. The maximum atomic E-state index is 12.4. The highest BCUT2D eigenvalue weighted by atomic mass is 16.4. The molecule has 0 unspecified atom stereocenters. The lowest BCUT2D eigenvalue weighted by atomic mass is 10.1. The minimum absolute atomic E-state index is 0.183. The van der Waals surface area contributed by atoms with Gasteiger partial charge in [0.05, 0.1) is 12.7 Å². The number of hydrogen-bond acceptors (Lipinski definition) is 3. The van der Waals surface area contributed by atoms with Crippen LogP contribution in [0, 0.1) is 13.8 Å². The number of aromatic nitrogens is 2. The van der Waals surface area contributed by atoms with Crippen LogP contribution in [0.1, 0.15) is 27.5 Å². The number of H-pyrrole nitrogens is 1. The molecule has 26 heavy (non-hydrogen) atoms. The molecule has 0 saturated carbocycles. The van der Waals surface area contributed by atoms with Gasteiger partial charge in [0.2, 0.25) is 5.89 Å². The van der Waals surface area contributed by atoms with Gasteiger partial charge in [-0.3, -0.25) is 4.79 Å². The van der Waals surface area contributed by atoms with Gasteiger partial charge in [-0.25, -0.2) is 4.98 Å². The molecule has 1 amide bonds. The minimum atomic E-state index is -0.183. The summed E-state index contributed by atoms with van der Waals surface area (Å²) in [7, 11) is 0. The monoisotopic (exact) mass is 345 g/mol. The van der Waals surface area contributed by atoms with E-state index in [0.29, 0.717) is 17.3 Å². The average Bonchev–Trinajstić information content (AvgIpc) is 3.31. The van der Waals surface area contributed by atoms with Crippen LogP contribution in [0.2, 0.25) is 0 Å². The molecule has 4 aromatic rings. The van der Waals surface area contributed by atoms with E-state index in [4.69, 9.17) is 4.42 Å². The van der Waals surface area contributed by atoms with Crippen molar-refractivity contribution in [1.29, 1.82) is 0 Å². The molecule has 0 bridgehead atoms. The van der Waals surface area contributed by atoms with E-state index in [2.05, 4.69) is 29.1 Å². The number of fused-ring (bicyclic) bond motifs is 1. The fraction of sp³-hybridized carbons (Fsp3) is 0.143. The Morgan fingerprint density at radius 1 is 1.15 bits per heavy atom. The summed E-state index contributed by atoms with van der Waals surface area (Å²) in [6, 6.07) is 15.7. The smallest absolute Gasteiger partial charge is 0.268 e. The molecule has 0 atom stereocenters. The molecule has 0 fully saturated rings. The summed E-state index contributed by atoms with van der Waals surface area (Å²) >= 11 is 0. The number of hydrogen-bond donors (Lipinski definition) is 2. The Kier molecular flexibility index (Phi) is 4.05. The molecule has 0 aliphatic carbocycles. The number of carbonyl (C=O) groups excluding carboxylic acids is 1. The van der Waals surface area contributed by atoms with E-state index in [0.717, 1.165) is 16.5 Å². The van der Waals surface area contributed by atoms with E-state index in [1.54, 1.807) is 6.20 Å². The normalized spacial score (nSPS) is 11.0. The third-order valence-corrected chi connectivity index (χ3v) is 4.60. The number of oxazole rings is 1. The SMILES string of the molecule is Cc1ccc2[nH]c(C(=O)NCc3ncc(-c4ccccc4)o3)cc2c1C. The van der Waals surface area contributed by atoms with Crippen LogP contribution in [0.25, 0.3) is 22.2 Å². The lowest BCUT2D eigenvalue weighted by molar-refractivity contribution is 0.0943. The number of aromatic amines is 1. The molecule has 2 aromatic carbocycles. The van der Waals surface area contributed by atoms with Gasteiger partial charge in [-0.15, -0.1) is 0 Å². The summed E-state index contributed by atoms with van der Waals surface area (Å²) in [6.07, 6.45) is 1.67. The van der Waals surface area contributed by atoms with E-state index in [-0.39, 0.29) is 12.5 Å². The first kappa shape index (κ1) is 16.1. The summed E-state index contributed by atoms with van der Waals surface area (Å²) in [5, 5.41) is 3.92. The van der Waals surface area contributed by atoms with Gasteiger partial charge in [0.1, 0.15) is 5.69 Å². The van der Waals surface area contributed by atoms with E-state index in [1.165, 1.54) is 11.1 Å². The second kappa shape index (κ2) is 6.52. The Morgan fingerprint density at radius 2 is 1.96 bits per heavy atom. The van der Waals surface area contributed by atoms with E-state index in [9.17, 15) is 4.79 Å². The molecular weight excluding hydrogens is 326 g/mol. The lowest BCUT2D eigenvalue weighted by Gasteiger charge is -2.00. The quantitative estimate of drug-likeness (QED) is 0.577. The predicted octanol–water partition coefficient (Wildman–Crippen LogP) is 4.37. The highest BCUT2D eigenvalue weighted by Crippen LogP contribution is 2.23. The molecule has 2 aromatic heterocycles. The van der Waals surface area contributed by atoms with Crippen molar-refractivity contribution in [2.75, 3.05) is 0 Å². The predicted molar refractivity (Wildman–Crippen MR) is 101 cm³/mol. The van der Waals surface area contributed by atoms with E-state index < -0.39 is 0 Å². The number of aryl methyl sites for hydroxylation is 2. The maximum absolute atomic E-state index is 12.4. The summed E-state index contributed by atoms with van der Waals surface area (Å²) < 4.78 is 5.71. The standard InChI is InChI=1S/C21H19N3O2/c1-13-8-9-17-16(14(13)2)10-18(24-17)21(25)23-12-20-22-11-19(26-20)15-6-4-3-5-7-15/h3-11,24H,12H2,1-2H3,(H,23,25). The van der Waals surface area contributed by atoms with Crippen molar-refractivity contribution in [3.63, 3.8) is 0 Å². The van der Waals surface area contributed by atoms with Crippen LogP contribution in [-0.2, 0) is 6.54 Å². The second-order valence-corrected chi connectivity index (χ2v) is 6.32. The Labute approximate surface area is 151 Å². The molecule has 5 heteroatoms. The highest BCUT2D eigenvalue weighted by molar-refractivity contribution is 5.99. The number of rotatable bonds is 4. The van der Waals surface area contributed by atoms with E-state index in [1.807, 2.05) is 48.5 Å². The molecule has 0 spiro atoms. The van der Waals surface area contributed by atoms with Gasteiger partial charge < -0.3 is 14.7 Å². The van der Waals surface area contributed by atoms with Crippen LogP contribution in [0.3, 0.4) is 0 Å². The third-order valence-electron chi connectivity index (χ3n) is 4.60. The number of carbonyl (C=O) groups is 1. The lowest BCUT2D eigenvalue weighted by Crippen LogP contribution is -2.23. The largest absolute Gasteiger partial charge is 0.439 e. The topological polar surface area (TPSA) is 70.9 Å². The Morgan fingerprint density at radius 3 is 2.77 bits per heavy atom. The van der Waals surface area contributed by atoms with Gasteiger partial charge in [-0.1, -0.05) is 36.4 Å². The van der Waals surface area contributed by atoms with Crippen LogP contribution in [-0.4, -0.2) is 15.9 Å². The first-order chi connectivity index (χ1) is 12.6. The molecule has 0 aliphatic heterocycles. The van der Waals surface area contributed by atoms with Crippen LogP contribution in [0.5, 0.6) is 0 Å². The summed E-state index contributed by atoms with van der Waals surface area (Å²) in [6.45, 7) is 4.36. The van der Waals surface area contributed by atoms with Crippen molar-refractivity contribution in [1.82, 2.24) is 15.3 Å². The van der Waals surface area contributed by atoms with Crippen molar-refractivity contribution < 1.29 is 9.21 Å². The van der Waals surface area contributed by atoms with Crippen LogP contribution in [0.15, 0.2) is 59.1 Å². The molecule has 2 heterocycles. The minimum Gasteiger partial charge on any atom is -0.439 e. The van der Waals surface area contributed by atoms with Gasteiger partial charge in [-0.2, -0.15) is 0 Å². The van der Waals surface area contributed by atoms with Crippen LogP contribution in [0.4, 0.5) is 0 Å². The molecule has 0 saturated heterocycles. The highest BCUT2D eigenvalue weighted by Gasteiger charge is 2.13. The van der Waals surface area contributed by atoms with Gasteiger partial charge in [-0.05, 0) is 37.1 Å². The van der Waals surface area contributed by atoms with Crippen LogP contribution >= 0.6 is 0 Å². The average molecular weight is 345 g/mol. The number of amides is 1. The summed E-state index contributed by atoms with van der Waals surface area (Å²) in [5.41, 5.74) is 4.83. The Bertz CT molecular complexity index is 1080. The number of nitrogens with one attached hydrogen (secondary N) is 2. The van der Waals surface area contributed by atoms with Crippen molar-refractivity contribution in [3.8, 4) is 11.3 Å². The zero-order valence-electron chi connectivity index (χ0n) is 14.7. The van der Waals surface area contributed by atoms with Crippen LogP contribution < -0.4 is 5.32 Å². The van der Waals surface area contributed by atoms with Gasteiger partial charge in [0.25, 0.3) is 5.91 Å². The summed E-state index contributed by atoms with van der Waals surface area (Å²) in [4.78, 5) is 19.9. The molecule has 0 aliphatic rings.